The second-order valence-corrected chi connectivity index (χ2v) is 9.12. The van der Waals surface area contributed by atoms with Gasteiger partial charge in [-0.3, -0.25) is 4.79 Å². The molecule has 0 spiro atoms. The molecule has 6 nitrogen and oxygen atoms in total. The number of rotatable bonds is 4. The molecule has 2 bridgehead atoms. The molecule has 1 N–H and O–H groups in total. The number of nitrogens with zero attached hydrogens (tertiary/aromatic N) is 4. The van der Waals surface area contributed by atoms with Crippen LogP contribution >= 0.6 is 11.3 Å². The molecule has 32 heavy (non-hydrogen) atoms. The molecule has 10 heteroatoms. The van der Waals surface area contributed by atoms with Gasteiger partial charge in [-0.05, 0) is 49.9 Å². The lowest BCUT2D eigenvalue weighted by Crippen LogP contribution is -2.48. The van der Waals surface area contributed by atoms with E-state index in [0.29, 0.717) is 29.5 Å². The van der Waals surface area contributed by atoms with Gasteiger partial charge in [0.1, 0.15) is 16.5 Å². The lowest BCUT2D eigenvalue weighted by atomic mass is 10.0. The lowest BCUT2D eigenvalue weighted by Gasteiger charge is -2.34. The number of pyridine rings is 2. The van der Waals surface area contributed by atoms with Gasteiger partial charge in [-0.15, -0.1) is 11.3 Å². The number of anilines is 1. The fraction of sp³-hybridized carbons (Fsp3) is 0.364. The number of carbonyl (C=O) groups is 1. The predicted octanol–water partition coefficient (Wildman–Crippen LogP) is 4.64. The Morgan fingerprint density at radius 3 is 2.69 bits per heavy atom. The molecule has 3 aromatic rings. The van der Waals surface area contributed by atoms with Gasteiger partial charge < -0.3 is 10.2 Å². The molecule has 4 heterocycles. The van der Waals surface area contributed by atoms with Crippen molar-refractivity contribution in [3.63, 3.8) is 0 Å². The Labute approximate surface area is 186 Å². The number of thiazole rings is 1. The zero-order valence-corrected chi connectivity index (χ0v) is 18.0. The van der Waals surface area contributed by atoms with Crippen LogP contribution in [0.5, 0.6) is 0 Å². The normalized spacial score (nSPS) is 22.4. The van der Waals surface area contributed by atoms with Crippen molar-refractivity contribution in [1.82, 2.24) is 19.9 Å². The maximum atomic E-state index is 13.5. The third-order valence-electron chi connectivity index (χ3n) is 6.07. The van der Waals surface area contributed by atoms with Gasteiger partial charge in [0.15, 0.2) is 0 Å². The Hall–Kier alpha value is -3.01. The van der Waals surface area contributed by atoms with Crippen LogP contribution in [0.2, 0.25) is 0 Å². The maximum absolute atomic E-state index is 13.5. The van der Waals surface area contributed by atoms with Crippen molar-refractivity contribution >= 4 is 23.1 Å². The summed E-state index contributed by atoms with van der Waals surface area (Å²) in [5.41, 5.74) is 1.07. The summed E-state index contributed by atoms with van der Waals surface area (Å²) in [6.45, 7) is 2.49. The van der Waals surface area contributed by atoms with E-state index in [4.69, 9.17) is 0 Å². The average Bonchev–Trinajstić information content (AvgIpc) is 3.50. The number of alkyl halides is 3. The topological polar surface area (TPSA) is 71.0 Å². The van der Waals surface area contributed by atoms with Crippen LogP contribution in [-0.4, -0.2) is 44.4 Å². The lowest BCUT2D eigenvalue weighted by molar-refractivity contribution is -0.137. The second-order valence-electron chi connectivity index (χ2n) is 8.23. The van der Waals surface area contributed by atoms with Crippen molar-refractivity contribution in [2.75, 3.05) is 11.9 Å². The summed E-state index contributed by atoms with van der Waals surface area (Å²) in [5, 5.41) is 5.84. The molecule has 2 aliphatic rings. The van der Waals surface area contributed by atoms with E-state index < -0.39 is 11.7 Å². The first-order valence-electron chi connectivity index (χ1n) is 10.3. The minimum Gasteiger partial charge on any atom is -0.365 e. The van der Waals surface area contributed by atoms with Crippen molar-refractivity contribution < 1.29 is 18.0 Å². The third-order valence-corrected chi connectivity index (χ3v) is 6.87. The Bertz CT molecular complexity index is 1130. The number of nitrogens with one attached hydrogen (secondary N) is 1. The van der Waals surface area contributed by atoms with Gasteiger partial charge in [0.05, 0.1) is 11.6 Å². The Kier molecular flexibility index (Phi) is 5.11. The van der Waals surface area contributed by atoms with E-state index in [1.165, 1.54) is 17.4 Å². The molecule has 5 rings (SSSR count). The highest BCUT2D eigenvalue weighted by molar-refractivity contribution is 7.13. The van der Waals surface area contributed by atoms with E-state index in [2.05, 4.69) is 20.3 Å². The Balaban J connectivity index is 1.37. The Morgan fingerprint density at radius 2 is 2.03 bits per heavy atom. The van der Waals surface area contributed by atoms with Crippen LogP contribution in [0.3, 0.4) is 0 Å². The van der Waals surface area contributed by atoms with Crippen molar-refractivity contribution in [3.8, 4) is 10.6 Å². The van der Waals surface area contributed by atoms with Crippen LogP contribution in [0.25, 0.3) is 10.6 Å². The molecular weight excluding hydrogens is 439 g/mol. The summed E-state index contributed by atoms with van der Waals surface area (Å²) in [6, 6.07) is 5.96. The number of aromatic nitrogens is 3. The van der Waals surface area contributed by atoms with E-state index in [-0.39, 0.29) is 18.0 Å². The van der Waals surface area contributed by atoms with Crippen LogP contribution in [0.1, 0.15) is 34.6 Å². The molecule has 3 aromatic heterocycles. The van der Waals surface area contributed by atoms with Crippen LogP contribution in [0.4, 0.5) is 19.0 Å². The molecule has 0 aromatic carbocycles. The van der Waals surface area contributed by atoms with E-state index in [9.17, 15) is 18.0 Å². The standard InChI is InChI=1S/C22H20F3N5OS/c1-12-2-4-15(20-26-6-7-32-20)19(28-12)21(31)30-11-13-8-16(17(30)9-13)29-18-5-3-14(10-27-18)22(23,24)25/h2-7,10,13,16-17H,8-9,11H2,1H3,(H,27,29)/t13-,16-,17+/m1/s1. The largest absolute Gasteiger partial charge is 0.417 e. The molecule has 1 amide bonds. The van der Waals surface area contributed by atoms with Crippen LogP contribution in [0.15, 0.2) is 42.0 Å². The summed E-state index contributed by atoms with van der Waals surface area (Å²) in [7, 11) is 0. The number of likely N-dealkylation sites (tertiary alicyclic amines) is 1. The quantitative estimate of drug-likeness (QED) is 0.615. The minimum absolute atomic E-state index is 0.0666. The van der Waals surface area contributed by atoms with E-state index in [1.54, 1.807) is 6.20 Å². The highest BCUT2D eigenvalue weighted by atomic mass is 32.1. The minimum atomic E-state index is -4.42. The van der Waals surface area contributed by atoms with Crippen LogP contribution < -0.4 is 5.32 Å². The highest BCUT2D eigenvalue weighted by Gasteiger charge is 2.47. The number of fused-ring (bicyclic) bond motifs is 2. The van der Waals surface area contributed by atoms with E-state index >= 15 is 0 Å². The Morgan fingerprint density at radius 1 is 1.19 bits per heavy atom. The van der Waals surface area contributed by atoms with Crippen LogP contribution in [0, 0.1) is 12.8 Å². The van der Waals surface area contributed by atoms with Gasteiger partial charge in [-0.2, -0.15) is 13.2 Å². The van der Waals surface area contributed by atoms with Gasteiger partial charge in [0.25, 0.3) is 5.91 Å². The number of amides is 1. The van der Waals surface area contributed by atoms with Crippen LogP contribution in [-0.2, 0) is 6.18 Å². The van der Waals surface area contributed by atoms with Gasteiger partial charge in [-0.25, -0.2) is 15.0 Å². The maximum Gasteiger partial charge on any atom is 0.417 e. The molecule has 0 radical (unpaired) electrons. The molecule has 2 fully saturated rings. The summed E-state index contributed by atoms with van der Waals surface area (Å²) >= 11 is 1.45. The number of halogens is 3. The average molecular weight is 459 g/mol. The summed E-state index contributed by atoms with van der Waals surface area (Å²) in [4.78, 5) is 28.2. The first-order chi connectivity index (χ1) is 15.3. The van der Waals surface area contributed by atoms with E-state index in [1.807, 2.05) is 29.3 Å². The first-order valence-corrected chi connectivity index (χ1v) is 11.2. The number of aryl methyl sites for hydroxylation is 1. The smallest absolute Gasteiger partial charge is 0.365 e. The molecule has 0 unspecified atom stereocenters. The van der Waals surface area contributed by atoms with Crippen molar-refractivity contribution in [1.29, 1.82) is 0 Å². The monoisotopic (exact) mass is 459 g/mol. The first kappa shape index (κ1) is 20.9. The molecule has 1 saturated carbocycles. The predicted molar refractivity (Wildman–Crippen MR) is 114 cm³/mol. The fourth-order valence-electron chi connectivity index (χ4n) is 4.64. The molecular formula is C22H20F3N5OS. The van der Waals surface area contributed by atoms with Crippen molar-refractivity contribution in [3.05, 3.63) is 59.0 Å². The molecule has 1 saturated heterocycles. The summed E-state index contributed by atoms with van der Waals surface area (Å²) in [6.07, 6.45) is -0.199. The van der Waals surface area contributed by atoms with Crippen molar-refractivity contribution in [2.24, 2.45) is 5.92 Å². The zero-order chi connectivity index (χ0) is 22.5. The number of carbonyl (C=O) groups excluding carboxylic acids is 1. The summed E-state index contributed by atoms with van der Waals surface area (Å²) in [5.74, 6) is 0.572. The SMILES string of the molecule is Cc1ccc(-c2nccs2)c(C(=O)N2C[C@@H]3C[C@@H](Nc4ccc(C(F)(F)F)cn4)[C@@H]2C3)n1. The van der Waals surface area contributed by atoms with Gasteiger partial charge >= 0.3 is 6.18 Å². The highest BCUT2D eigenvalue weighted by Crippen LogP contribution is 2.40. The van der Waals surface area contributed by atoms with Gasteiger partial charge in [-0.1, -0.05) is 0 Å². The van der Waals surface area contributed by atoms with Crippen molar-refractivity contribution in [2.45, 2.75) is 38.0 Å². The molecule has 166 valence electrons. The third kappa shape index (κ3) is 3.83. The molecule has 1 aliphatic heterocycles. The number of piperidine rings is 1. The number of hydrogen-bond acceptors (Lipinski definition) is 6. The molecule has 3 atom stereocenters. The van der Waals surface area contributed by atoms with E-state index in [0.717, 1.165) is 35.8 Å². The van der Waals surface area contributed by atoms with Gasteiger partial charge in [0, 0.05) is 41.6 Å². The summed E-state index contributed by atoms with van der Waals surface area (Å²) < 4.78 is 38.4. The zero-order valence-electron chi connectivity index (χ0n) is 17.1. The number of hydrogen-bond donors (Lipinski definition) is 1. The van der Waals surface area contributed by atoms with Gasteiger partial charge in [0.2, 0.25) is 0 Å². The second kappa shape index (κ2) is 7.84. The fourth-order valence-corrected chi connectivity index (χ4v) is 5.30. The molecule has 1 aliphatic carbocycles.